The fourth-order valence-corrected chi connectivity index (χ4v) is 3.75. The van der Waals surface area contributed by atoms with Crippen LogP contribution in [0.2, 0.25) is 0 Å². The van der Waals surface area contributed by atoms with Crippen LogP contribution in [0.5, 0.6) is 0 Å². The molecule has 0 bridgehead atoms. The second-order valence-electron chi connectivity index (χ2n) is 6.82. The van der Waals surface area contributed by atoms with Crippen molar-refractivity contribution in [1.29, 1.82) is 0 Å². The number of hydrogen-bond donors (Lipinski definition) is 1. The zero-order valence-electron chi connectivity index (χ0n) is 14.7. The van der Waals surface area contributed by atoms with E-state index in [4.69, 9.17) is 0 Å². The van der Waals surface area contributed by atoms with Crippen LogP contribution in [0.3, 0.4) is 0 Å². The number of hydrazone groups is 1. The number of amides is 1. The Morgan fingerprint density at radius 3 is 2.62 bits per heavy atom. The molecule has 134 valence electrons. The summed E-state index contributed by atoms with van der Waals surface area (Å²) >= 11 is 0. The van der Waals surface area contributed by atoms with Crippen LogP contribution in [0.25, 0.3) is 5.70 Å². The number of aromatic amines is 1. The number of nitrogens with zero attached hydrogens (tertiary/aromatic N) is 4. The average Bonchev–Trinajstić information content (AvgIpc) is 3.39. The Hall–Kier alpha value is -2.89. The molecule has 2 aromatic rings. The summed E-state index contributed by atoms with van der Waals surface area (Å²) in [7, 11) is 0. The number of carbonyl (C=O) groups excluding carboxylic acids is 1. The first-order valence-electron chi connectivity index (χ1n) is 9.08. The van der Waals surface area contributed by atoms with Crippen LogP contribution in [0.4, 0.5) is 0 Å². The number of hydrogen-bond acceptors (Lipinski definition) is 4. The number of H-pyrrole nitrogens is 1. The number of benzene rings is 1. The van der Waals surface area contributed by atoms with Crippen molar-refractivity contribution < 1.29 is 4.79 Å². The smallest absolute Gasteiger partial charge is 0.246 e. The van der Waals surface area contributed by atoms with Crippen LogP contribution in [0, 0.1) is 5.92 Å². The first-order valence-corrected chi connectivity index (χ1v) is 9.08. The molecule has 0 saturated carbocycles. The van der Waals surface area contributed by atoms with Crippen molar-refractivity contribution in [2.75, 3.05) is 13.1 Å². The Morgan fingerprint density at radius 2 is 1.92 bits per heavy atom. The molecule has 1 N–H and O–H groups in total. The van der Waals surface area contributed by atoms with Crippen molar-refractivity contribution in [3.8, 4) is 0 Å². The Kier molecular flexibility index (Phi) is 4.56. The van der Waals surface area contributed by atoms with E-state index in [-0.39, 0.29) is 17.9 Å². The molecule has 1 fully saturated rings. The Labute approximate surface area is 153 Å². The number of aromatic nitrogens is 2. The molecule has 3 heterocycles. The summed E-state index contributed by atoms with van der Waals surface area (Å²) in [6, 6.07) is 12.1. The van der Waals surface area contributed by atoms with Gasteiger partial charge in [-0.05, 0) is 24.5 Å². The second-order valence-corrected chi connectivity index (χ2v) is 6.82. The van der Waals surface area contributed by atoms with E-state index >= 15 is 0 Å². The van der Waals surface area contributed by atoms with Gasteiger partial charge < -0.3 is 4.90 Å². The molecule has 0 aliphatic carbocycles. The number of nitrogens with one attached hydrogen (secondary N) is 1. The van der Waals surface area contributed by atoms with E-state index in [9.17, 15) is 4.79 Å². The highest BCUT2D eigenvalue weighted by atomic mass is 16.2. The van der Waals surface area contributed by atoms with E-state index < -0.39 is 0 Å². The fourth-order valence-electron chi connectivity index (χ4n) is 3.75. The maximum atomic E-state index is 13.0. The predicted molar refractivity (Wildman–Crippen MR) is 101 cm³/mol. The minimum absolute atomic E-state index is 0.0160. The molecular weight excluding hydrogens is 326 g/mol. The molecule has 1 saturated heterocycles. The van der Waals surface area contributed by atoms with Gasteiger partial charge in [0, 0.05) is 37.8 Å². The quantitative estimate of drug-likeness (QED) is 0.923. The normalized spacial score (nSPS) is 20.5. The van der Waals surface area contributed by atoms with Gasteiger partial charge in [-0.3, -0.25) is 9.89 Å². The van der Waals surface area contributed by atoms with E-state index in [1.807, 2.05) is 30.5 Å². The highest BCUT2D eigenvalue weighted by Gasteiger charge is 2.34. The van der Waals surface area contributed by atoms with Gasteiger partial charge in [-0.1, -0.05) is 36.9 Å². The summed E-state index contributed by atoms with van der Waals surface area (Å²) in [5.74, 6) is 0.154. The van der Waals surface area contributed by atoms with Crippen molar-refractivity contribution >= 4 is 17.8 Å². The monoisotopic (exact) mass is 349 g/mol. The molecule has 1 aromatic carbocycles. The van der Waals surface area contributed by atoms with E-state index in [2.05, 4.69) is 38.9 Å². The van der Waals surface area contributed by atoms with Crippen LogP contribution >= 0.6 is 0 Å². The number of carbonyl (C=O) groups is 1. The number of rotatable bonds is 4. The van der Waals surface area contributed by atoms with Crippen molar-refractivity contribution in [2.24, 2.45) is 11.0 Å². The van der Waals surface area contributed by atoms with Gasteiger partial charge in [0.1, 0.15) is 0 Å². The summed E-state index contributed by atoms with van der Waals surface area (Å²) in [6.45, 7) is 5.80. The predicted octanol–water partition coefficient (Wildman–Crippen LogP) is 3.05. The lowest BCUT2D eigenvalue weighted by atomic mass is 9.94. The third kappa shape index (κ3) is 3.14. The standard InChI is InChI=1S/C20H23N5O/c1-15(18-7-11-21-23-18)24-13-9-17(10-14-24)20(26)25-19(8-12-22-25)16-5-3-2-4-6-16/h2-7,11-12,17,19H,1,8-10,13-14H2,(H,21,23). The fraction of sp³-hybridized carbons (Fsp3) is 0.350. The van der Waals surface area contributed by atoms with Crippen molar-refractivity contribution in [3.63, 3.8) is 0 Å². The van der Waals surface area contributed by atoms with Crippen molar-refractivity contribution in [3.05, 3.63) is 60.4 Å². The molecule has 0 spiro atoms. The molecular formula is C20H23N5O. The first kappa shape index (κ1) is 16.6. The van der Waals surface area contributed by atoms with Crippen LogP contribution in [0.1, 0.15) is 36.6 Å². The Morgan fingerprint density at radius 1 is 1.15 bits per heavy atom. The Bertz CT molecular complexity index is 791. The Balaban J connectivity index is 1.39. The zero-order valence-corrected chi connectivity index (χ0v) is 14.7. The molecule has 6 heteroatoms. The number of piperidine rings is 1. The molecule has 6 nitrogen and oxygen atoms in total. The maximum Gasteiger partial charge on any atom is 0.246 e. The molecule has 2 aliphatic rings. The lowest BCUT2D eigenvalue weighted by Crippen LogP contribution is -2.40. The van der Waals surface area contributed by atoms with Crippen LogP contribution in [-0.2, 0) is 4.79 Å². The van der Waals surface area contributed by atoms with E-state index in [1.54, 1.807) is 11.2 Å². The third-order valence-electron chi connectivity index (χ3n) is 5.28. The summed E-state index contributed by atoms with van der Waals surface area (Å²) in [5.41, 5.74) is 3.02. The topological polar surface area (TPSA) is 64.6 Å². The molecule has 1 unspecified atom stereocenters. The molecule has 2 aliphatic heterocycles. The molecule has 0 radical (unpaired) electrons. The molecule has 26 heavy (non-hydrogen) atoms. The van der Waals surface area contributed by atoms with Gasteiger partial charge in [-0.2, -0.15) is 10.2 Å². The van der Waals surface area contributed by atoms with Gasteiger partial charge in [-0.15, -0.1) is 0 Å². The highest BCUT2D eigenvalue weighted by molar-refractivity contribution is 5.82. The SMILES string of the molecule is C=C(c1ccn[nH]1)N1CCC(C(=O)N2N=CCC2c2ccccc2)CC1. The van der Waals surface area contributed by atoms with Gasteiger partial charge >= 0.3 is 0 Å². The van der Waals surface area contributed by atoms with Crippen molar-refractivity contribution in [2.45, 2.75) is 25.3 Å². The minimum Gasteiger partial charge on any atom is -0.370 e. The minimum atomic E-state index is 0.0160. The lowest BCUT2D eigenvalue weighted by Gasteiger charge is -2.35. The van der Waals surface area contributed by atoms with E-state index in [1.165, 1.54) is 0 Å². The molecule has 1 atom stereocenters. The molecule has 1 amide bonds. The van der Waals surface area contributed by atoms with E-state index in [0.717, 1.165) is 49.3 Å². The molecule has 4 rings (SSSR count). The summed E-state index contributed by atoms with van der Waals surface area (Å²) in [4.78, 5) is 15.3. The van der Waals surface area contributed by atoms with Gasteiger partial charge in [0.2, 0.25) is 5.91 Å². The van der Waals surface area contributed by atoms with Gasteiger partial charge in [-0.25, -0.2) is 5.01 Å². The van der Waals surface area contributed by atoms with Crippen LogP contribution in [-0.4, -0.2) is 45.3 Å². The maximum absolute atomic E-state index is 13.0. The van der Waals surface area contributed by atoms with Gasteiger partial charge in [0.25, 0.3) is 0 Å². The highest BCUT2D eigenvalue weighted by Crippen LogP contribution is 2.32. The number of likely N-dealkylation sites (tertiary alicyclic amines) is 1. The largest absolute Gasteiger partial charge is 0.370 e. The summed E-state index contributed by atoms with van der Waals surface area (Å²) in [6.07, 6.45) is 6.00. The summed E-state index contributed by atoms with van der Waals surface area (Å²) in [5, 5.41) is 13.0. The summed E-state index contributed by atoms with van der Waals surface area (Å²) < 4.78 is 0. The van der Waals surface area contributed by atoms with Crippen LogP contribution in [0.15, 0.2) is 54.3 Å². The van der Waals surface area contributed by atoms with Gasteiger partial charge in [0.05, 0.1) is 17.4 Å². The third-order valence-corrected chi connectivity index (χ3v) is 5.28. The molecule has 1 aromatic heterocycles. The van der Waals surface area contributed by atoms with E-state index in [0.29, 0.717) is 0 Å². The average molecular weight is 349 g/mol. The van der Waals surface area contributed by atoms with Crippen molar-refractivity contribution in [1.82, 2.24) is 20.1 Å². The zero-order chi connectivity index (χ0) is 17.9. The first-order chi connectivity index (χ1) is 12.7. The second kappa shape index (κ2) is 7.15. The van der Waals surface area contributed by atoms with Crippen LogP contribution < -0.4 is 0 Å². The lowest BCUT2D eigenvalue weighted by molar-refractivity contribution is -0.138. The van der Waals surface area contributed by atoms with Gasteiger partial charge in [0.15, 0.2) is 0 Å².